The number of nitrogens with one attached hydrogen (secondary N) is 1. The molecule has 1 saturated heterocycles. The lowest BCUT2D eigenvalue weighted by molar-refractivity contribution is 0.123. The predicted molar refractivity (Wildman–Crippen MR) is 69.7 cm³/mol. The molecule has 1 heterocycles. The van der Waals surface area contributed by atoms with Crippen molar-refractivity contribution < 1.29 is 13.9 Å². The molecule has 5 heteroatoms. The number of rotatable bonds is 6. The Kier molecular flexibility index (Phi) is 5.24. The molecule has 1 aliphatic heterocycles. The molecule has 3 nitrogen and oxygen atoms in total. The Morgan fingerprint density at radius 2 is 2.00 bits per heavy atom. The third-order valence-electron chi connectivity index (χ3n) is 3.37. The Hall–Kier alpha value is -1.04. The second kappa shape index (κ2) is 6.93. The zero-order valence-electron chi connectivity index (χ0n) is 10.9. The number of hydrogen-bond acceptors (Lipinski definition) is 3. The fourth-order valence-corrected chi connectivity index (χ4v) is 2.38. The van der Waals surface area contributed by atoms with Crippen molar-refractivity contribution in [3.63, 3.8) is 0 Å². The highest BCUT2D eigenvalue weighted by Gasteiger charge is 2.15. The molecule has 0 aliphatic carbocycles. The van der Waals surface area contributed by atoms with Gasteiger partial charge in [0.1, 0.15) is 11.6 Å². The summed E-state index contributed by atoms with van der Waals surface area (Å²) in [5, 5.41) is 12.8. The van der Waals surface area contributed by atoms with Crippen LogP contribution >= 0.6 is 0 Å². The van der Waals surface area contributed by atoms with E-state index in [1.807, 2.05) is 0 Å². The van der Waals surface area contributed by atoms with E-state index < -0.39 is 17.7 Å². The number of aliphatic hydroxyl groups excluding tert-OH is 1. The molecule has 1 aliphatic rings. The lowest BCUT2D eigenvalue weighted by Gasteiger charge is -2.19. The van der Waals surface area contributed by atoms with Gasteiger partial charge in [0.2, 0.25) is 0 Å². The van der Waals surface area contributed by atoms with E-state index in [9.17, 15) is 13.9 Å². The Morgan fingerprint density at radius 3 is 2.74 bits per heavy atom. The van der Waals surface area contributed by atoms with Gasteiger partial charge in [-0.3, -0.25) is 0 Å². The fraction of sp³-hybridized carbons (Fsp3) is 0.571. The van der Waals surface area contributed by atoms with Crippen LogP contribution in [-0.4, -0.2) is 42.3 Å². The lowest BCUT2D eigenvalue weighted by atomic mass is 10.2. The summed E-state index contributed by atoms with van der Waals surface area (Å²) < 4.78 is 26.3. The van der Waals surface area contributed by atoms with Gasteiger partial charge in [0.05, 0.1) is 6.10 Å². The summed E-state index contributed by atoms with van der Waals surface area (Å²) in [6.07, 6.45) is 1.90. The van der Waals surface area contributed by atoms with Crippen LogP contribution in [0, 0.1) is 11.6 Å². The minimum atomic E-state index is -0.477. The van der Waals surface area contributed by atoms with Gasteiger partial charge in [0, 0.05) is 25.2 Å². The van der Waals surface area contributed by atoms with Gasteiger partial charge in [-0.25, -0.2) is 8.78 Å². The average molecular weight is 270 g/mol. The number of hydrogen-bond donors (Lipinski definition) is 2. The van der Waals surface area contributed by atoms with E-state index >= 15 is 0 Å². The van der Waals surface area contributed by atoms with Gasteiger partial charge in [-0.2, -0.15) is 0 Å². The minimum absolute atomic E-state index is 0.223. The van der Waals surface area contributed by atoms with E-state index in [0.29, 0.717) is 13.1 Å². The fourth-order valence-electron chi connectivity index (χ4n) is 2.38. The zero-order chi connectivity index (χ0) is 13.7. The Morgan fingerprint density at radius 1 is 1.26 bits per heavy atom. The summed E-state index contributed by atoms with van der Waals surface area (Å²) in [7, 11) is 0. The molecule has 19 heavy (non-hydrogen) atoms. The van der Waals surface area contributed by atoms with Crippen LogP contribution in [0.5, 0.6) is 0 Å². The molecule has 1 atom stereocenters. The molecule has 2 N–H and O–H groups in total. The molecule has 0 aromatic heterocycles. The van der Waals surface area contributed by atoms with Gasteiger partial charge in [0.25, 0.3) is 0 Å². The number of likely N-dealkylation sites (tertiary alicyclic amines) is 1. The van der Waals surface area contributed by atoms with Crippen molar-refractivity contribution in [2.24, 2.45) is 0 Å². The van der Waals surface area contributed by atoms with Crippen molar-refractivity contribution in [1.29, 1.82) is 0 Å². The molecule has 1 aromatic carbocycles. The van der Waals surface area contributed by atoms with Crippen LogP contribution < -0.4 is 5.32 Å². The quantitative estimate of drug-likeness (QED) is 0.822. The largest absolute Gasteiger partial charge is 0.390 e. The van der Waals surface area contributed by atoms with Crippen molar-refractivity contribution >= 4 is 0 Å². The van der Waals surface area contributed by atoms with Gasteiger partial charge in [-0.1, -0.05) is 0 Å². The summed E-state index contributed by atoms with van der Waals surface area (Å²) in [6.45, 7) is 3.32. The van der Waals surface area contributed by atoms with Crippen LogP contribution in [0.2, 0.25) is 0 Å². The van der Waals surface area contributed by atoms with Crippen molar-refractivity contribution in [2.75, 3.05) is 26.2 Å². The highest BCUT2D eigenvalue weighted by atomic mass is 19.1. The Bertz CT molecular complexity index is 408. The second-order valence-corrected chi connectivity index (χ2v) is 5.03. The number of nitrogens with zero attached hydrogens (tertiary/aromatic N) is 1. The zero-order valence-corrected chi connectivity index (χ0v) is 10.9. The molecule has 1 aromatic rings. The molecule has 1 fully saturated rings. The second-order valence-electron chi connectivity index (χ2n) is 5.03. The molecule has 0 bridgehead atoms. The first-order valence-corrected chi connectivity index (χ1v) is 6.70. The van der Waals surface area contributed by atoms with Crippen LogP contribution in [-0.2, 0) is 6.54 Å². The molecule has 1 unspecified atom stereocenters. The molecule has 0 spiro atoms. The third kappa shape index (κ3) is 4.53. The maximum atomic E-state index is 13.3. The average Bonchev–Trinajstić information content (AvgIpc) is 2.86. The Balaban J connectivity index is 1.71. The lowest BCUT2D eigenvalue weighted by Crippen LogP contribution is -2.36. The first kappa shape index (κ1) is 14.4. The first-order valence-electron chi connectivity index (χ1n) is 6.70. The van der Waals surface area contributed by atoms with E-state index in [1.165, 1.54) is 18.9 Å². The van der Waals surface area contributed by atoms with E-state index in [4.69, 9.17) is 0 Å². The van der Waals surface area contributed by atoms with Gasteiger partial charge in [-0.05, 0) is 44.1 Å². The third-order valence-corrected chi connectivity index (χ3v) is 3.37. The molecule has 0 saturated carbocycles. The van der Waals surface area contributed by atoms with Gasteiger partial charge >= 0.3 is 0 Å². The van der Waals surface area contributed by atoms with Crippen molar-refractivity contribution in [3.05, 3.63) is 35.4 Å². The highest BCUT2D eigenvalue weighted by molar-refractivity contribution is 5.18. The summed E-state index contributed by atoms with van der Waals surface area (Å²) >= 11 is 0. The van der Waals surface area contributed by atoms with Crippen LogP contribution in [0.1, 0.15) is 18.4 Å². The van der Waals surface area contributed by atoms with Crippen LogP contribution in [0.25, 0.3) is 0 Å². The van der Waals surface area contributed by atoms with Crippen LogP contribution in [0.3, 0.4) is 0 Å². The molecule has 106 valence electrons. The number of halogens is 2. The molecule has 2 rings (SSSR count). The van der Waals surface area contributed by atoms with E-state index in [-0.39, 0.29) is 12.1 Å². The minimum Gasteiger partial charge on any atom is -0.390 e. The topological polar surface area (TPSA) is 35.5 Å². The van der Waals surface area contributed by atoms with Gasteiger partial charge in [-0.15, -0.1) is 0 Å². The summed E-state index contributed by atoms with van der Waals surface area (Å²) in [6, 6.07) is 3.39. The van der Waals surface area contributed by atoms with Crippen LogP contribution in [0.4, 0.5) is 8.78 Å². The normalized spacial score (nSPS) is 17.8. The first-order chi connectivity index (χ1) is 9.15. The molecule has 0 radical (unpaired) electrons. The molecule has 0 amide bonds. The van der Waals surface area contributed by atoms with Gasteiger partial charge < -0.3 is 15.3 Å². The van der Waals surface area contributed by atoms with E-state index in [1.54, 1.807) is 0 Å². The molecular weight excluding hydrogens is 250 g/mol. The number of benzene rings is 1. The Labute approximate surface area is 112 Å². The van der Waals surface area contributed by atoms with Crippen molar-refractivity contribution in [2.45, 2.75) is 25.5 Å². The van der Waals surface area contributed by atoms with Crippen molar-refractivity contribution in [1.82, 2.24) is 10.2 Å². The maximum absolute atomic E-state index is 13.3. The van der Waals surface area contributed by atoms with Gasteiger partial charge in [0.15, 0.2) is 0 Å². The van der Waals surface area contributed by atoms with E-state index in [2.05, 4.69) is 10.2 Å². The maximum Gasteiger partial charge on any atom is 0.127 e. The standard InChI is InChI=1S/C14H20F2N2O/c15-12-3-4-14(16)11(7-12)8-17-9-13(19)10-18-5-1-2-6-18/h3-4,7,13,17,19H,1-2,5-6,8-10H2. The smallest absolute Gasteiger partial charge is 0.127 e. The van der Waals surface area contributed by atoms with Crippen molar-refractivity contribution in [3.8, 4) is 0 Å². The highest BCUT2D eigenvalue weighted by Crippen LogP contribution is 2.10. The van der Waals surface area contributed by atoms with Crippen LogP contribution in [0.15, 0.2) is 18.2 Å². The van der Waals surface area contributed by atoms with E-state index in [0.717, 1.165) is 25.2 Å². The SMILES string of the molecule is OC(CNCc1cc(F)ccc1F)CN1CCCC1. The molecular formula is C14H20F2N2O. The summed E-state index contributed by atoms with van der Waals surface area (Å²) in [5.41, 5.74) is 0.286. The summed E-state index contributed by atoms with van der Waals surface area (Å²) in [5.74, 6) is -0.876. The summed E-state index contributed by atoms with van der Waals surface area (Å²) in [4.78, 5) is 2.22. The number of β-amino-alcohol motifs (C(OH)–C–C–N with tert-alkyl or cyclic N) is 1. The predicted octanol–water partition coefficient (Wildman–Crippen LogP) is 1.51. The number of aliphatic hydroxyl groups is 1. The monoisotopic (exact) mass is 270 g/mol.